The zero-order valence-electron chi connectivity index (χ0n) is 9.11. The van der Waals surface area contributed by atoms with Gasteiger partial charge in [-0.3, -0.25) is 0 Å². The molecule has 0 aliphatic carbocycles. The van der Waals surface area contributed by atoms with Crippen LogP contribution in [0.4, 0.5) is 0 Å². The van der Waals surface area contributed by atoms with Crippen LogP contribution >= 0.6 is 0 Å². The molecule has 0 fully saturated rings. The van der Waals surface area contributed by atoms with E-state index in [1.165, 1.54) is 12.0 Å². The van der Waals surface area contributed by atoms with Crippen LogP contribution in [0.2, 0.25) is 0 Å². The Kier molecular flexibility index (Phi) is 3.63. The van der Waals surface area contributed by atoms with Gasteiger partial charge in [0.15, 0.2) is 6.39 Å². The molecule has 2 aromatic heterocycles. The Labute approximate surface area is 84.2 Å². The molecule has 0 saturated heterocycles. The number of nitrogens with zero attached hydrogens (tertiary/aromatic N) is 2. The first-order chi connectivity index (χ1) is 6.79. The highest BCUT2D eigenvalue weighted by Crippen LogP contribution is 2.21. The van der Waals surface area contributed by atoms with Crippen molar-refractivity contribution in [2.45, 2.75) is 33.6 Å². The maximum absolute atomic E-state index is 5.09. The molecule has 2 aromatic rings. The minimum atomic E-state index is 0.459. The van der Waals surface area contributed by atoms with Crippen LogP contribution in [0.25, 0.3) is 11.2 Å². The van der Waals surface area contributed by atoms with Crippen LogP contribution in [0.3, 0.4) is 0 Å². The first-order valence-electron chi connectivity index (χ1n) is 4.97. The minimum absolute atomic E-state index is 0.459. The van der Waals surface area contributed by atoms with Crippen LogP contribution in [-0.4, -0.2) is 9.97 Å². The van der Waals surface area contributed by atoms with Crippen molar-refractivity contribution >= 4 is 11.2 Å². The van der Waals surface area contributed by atoms with Gasteiger partial charge in [-0.25, -0.2) is 9.97 Å². The SMILES string of the molecule is CC.CC(C)c1ccnc2ocnc12. The monoisotopic (exact) mass is 192 g/mol. The fraction of sp³-hybridized carbons (Fsp3) is 0.455. The zero-order chi connectivity index (χ0) is 10.6. The first-order valence-corrected chi connectivity index (χ1v) is 4.97. The molecule has 0 aliphatic heterocycles. The molecule has 0 bridgehead atoms. The molecule has 2 heterocycles. The number of hydrogen-bond acceptors (Lipinski definition) is 3. The van der Waals surface area contributed by atoms with Crippen LogP contribution in [0.15, 0.2) is 23.1 Å². The van der Waals surface area contributed by atoms with Crippen molar-refractivity contribution in [1.29, 1.82) is 0 Å². The average Bonchev–Trinajstić information content (AvgIpc) is 2.67. The summed E-state index contributed by atoms with van der Waals surface area (Å²) in [6.45, 7) is 8.26. The van der Waals surface area contributed by atoms with Gasteiger partial charge in [0.1, 0.15) is 5.52 Å². The first kappa shape index (κ1) is 10.7. The summed E-state index contributed by atoms with van der Waals surface area (Å²) in [6, 6.07) is 1.98. The van der Waals surface area contributed by atoms with Gasteiger partial charge in [-0.15, -0.1) is 0 Å². The van der Waals surface area contributed by atoms with E-state index < -0.39 is 0 Å². The van der Waals surface area contributed by atoms with Crippen molar-refractivity contribution in [2.24, 2.45) is 0 Å². The summed E-state index contributed by atoms with van der Waals surface area (Å²) in [5.74, 6) is 0.459. The van der Waals surface area contributed by atoms with Gasteiger partial charge >= 0.3 is 0 Å². The van der Waals surface area contributed by atoms with E-state index in [1.807, 2.05) is 19.9 Å². The molecule has 0 amide bonds. The van der Waals surface area contributed by atoms with Gasteiger partial charge in [-0.05, 0) is 17.5 Å². The maximum Gasteiger partial charge on any atom is 0.246 e. The Morgan fingerprint density at radius 3 is 2.57 bits per heavy atom. The number of rotatable bonds is 1. The third-order valence-electron chi connectivity index (χ3n) is 1.89. The Bertz CT molecular complexity index is 393. The number of fused-ring (bicyclic) bond motifs is 1. The summed E-state index contributed by atoms with van der Waals surface area (Å²) in [5, 5.41) is 0. The van der Waals surface area contributed by atoms with Crippen molar-refractivity contribution < 1.29 is 4.42 Å². The van der Waals surface area contributed by atoms with Crippen LogP contribution in [0.1, 0.15) is 39.2 Å². The molecule has 0 N–H and O–H groups in total. The van der Waals surface area contributed by atoms with Crippen LogP contribution < -0.4 is 0 Å². The highest BCUT2D eigenvalue weighted by Gasteiger charge is 2.08. The van der Waals surface area contributed by atoms with E-state index in [0.717, 1.165) is 5.52 Å². The third-order valence-corrected chi connectivity index (χ3v) is 1.89. The molecule has 0 aliphatic rings. The predicted molar refractivity (Wildman–Crippen MR) is 57.2 cm³/mol. The Hall–Kier alpha value is -1.38. The molecule has 0 aromatic carbocycles. The van der Waals surface area contributed by atoms with Crippen molar-refractivity contribution in [3.8, 4) is 0 Å². The lowest BCUT2D eigenvalue weighted by atomic mass is 10.0. The van der Waals surface area contributed by atoms with E-state index >= 15 is 0 Å². The molecule has 14 heavy (non-hydrogen) atoms. The van der Waals surface area contributed by atoms with Crippen LogP contribution in [0, 0.1) is 0 Å². The Balaban J connectivity index is 0.000000461. The van der Waals surface area contributed by atoms with Crippen molar-refractivity contribution in [1.82, 2.24) is 9.97 Å². The van der Waals surface area contributed by atoms with E-state index in [4.69, 9.17) is 4.42 Å². The van der Waals surface area contributed by atoms with Crippen molar-refractivity contribution in [3.05, 3.63) is 24.2 Å². The summed E-state index contributed by atoms with van der Waals surface area (Å²) >= 11 is 0. The van der Waals surface area contributed by atoms with Crippen molar-refractivity contribution in [2.75, 3.05) is 0 Å². The smallest absolute Gasteiger partial charge is 0.246 e. The molecule has 0 atom stereocenters. The molecule has 3 heteroatoms. The molecule has 0 spiro atoms. The van der Waals surface area contributed by atoms with Gasteiger partial charge in [0.25, 0.3) is 0 Å². The second kappa shape index (κ2) is 4.74. The summed E-state index contributed by atoms with van der Waals surface area (Å²) in [5.41, 5.74) is 2.70. The molecule has 76 valence electrons. The second-order valence-corrected chi connectivity index (χ2v) is 3.06. The van der Waals surface area contributed by atoms with Gasteiger partial charge in [0.05, 0.1) is 0 Å². The van der Waals surface area contributed by atoms with Gasteiger partial charge in [0, 0.05) is 6.20 Å². The fourth-order valence-electron chi connectivity index (χ4n) is 1.26. The van der Waals surface area contributed by atoms with E-state index in [0.29, 0.717) is 11.6 Å². The highest BCUT2D eigenvalue weighted by molar-refractivity contribution is 5.72. The summed E-state index contributed by atoms with van der Waals surface area (Å²) in [6.07, 6.45) is 3.19. The molecule has 0 saturated carbocycles. The van der Waals surface area contributed by atoms with E-state index in [-0.39, 0.29) is 0 Å². The molecular formula is C11H16N2O. The Morgan fingerprint density at radius 2 is 1.93 bits per heavy atom. The highest BCUT2D eigenvalue weighted by atomic mass is 16.3. The molecular weight excluding hydrogens is 176 g/mol. The van der Waals surface area contributed by atoms with Crippen LogP contribution in [0.5, 0.6) is 0 Å². The summed E-state index contributed by atoms with van der Waals surface area (Å²) in [7, 11) is 0. The number of oxazole rings is 1. The minimum Gasteiger partial charge on any atom is -0.425 e. The number of hydrogen-bond donors (Lipinski definition) is 0. The van der Waals surface area contributed by atoms with Gasteiger partial charge in [-0.2, -0.15) is 0 Å². The van der Waals surface area contributed by atoms with Crippen LogP contribution in [-0.2, 0) is 0 Å². The van der Waals surface area contributed by atoms with Crippen molar-refractivity contribution in [3.63, 3.8) is 0 Å². The molecule has 2 rings (SSSR count). The number of pyridine rings is 1. The predicted octanol–water partition coefficient (Wildman–Crippen LogP) is 3.37. The quantitative estimate of drug-likeness (QED) is 0.695. The summed E-state index contributed by atoms with van der Waals surface area (Å²) in [4.78, 5) is 8.17. The number of aromatic nitrogens is 2. The molecule has 3 nitrogen and oxygen atoms in total. The lowest BCUT2D eigenvalue weighted by Crippen LogP contribution is -1.89. The topological polar surface area (TPSA) is 38.9 Å². The van der Waals surface area contributed by atoms with Gasteiger partial charge < -0.3 is 4.42 Å². The largest absolute Gasteiger partial charge is 0.425 e. The van der Waals surface area contributed by atoms with E-state index in [2.05, 4.69) is 23.8 Å². The maximum atomic E-state index is 5.09. The zero-order valence-corrected chi connectivity index (χ0v) is 9.11. The lowest BCUT2D eigenvalue weighted by molar-refractivity contribution is 0.590. The fourth-order valence-corrected chi connectivity index (χ4v) is 1.26. The van der Waals surface area contributed by atoms with E-state index in [1.54, 1.807) is 6.20 Å². The van der Waals surface area contributed by atoms with Gasteiger partial charge in [-0.1, -0.05) is 27.7 Å². The average molecular weight is 192 g/mol. The standard InChI is InChI=1S/C9H10N2O.C2H6/c1-6(2)7-3-4-10-9-8(7)11-5-12-9;1-2/h3-6H,1-2H3;1-2H3. The molecule has 0 radical (unpaired) electrons. The molecule has 0 unspecified atom stereocenters. The summed E-state index contributed by atoms with van der Waals surface area (Å²) < 4.78 is 5.09. The third kappa shape index (κ3) is 1.92. The normalized spacial score (nSPS) is 10.1. The second-order valence-electron chi connectivity index (χ2n) is 3.06. The lowest BCUT2D eigenvalue weighted by Gasteiger charge is -2.03. The Morgan fingerprint density at radius 1 is 1.21 bits per heavy atom. The van der Waals surface area contributed by atoms with E-state index in [9.17, 15) is 0 Å². The van der Waals surface area contributed by atoms with Gasteiger partial charge in [0.2, 0.25) is 5.71 Å².